The molecular formula is C14H18O2. The van der Waals surface area contributed by atoms with E-state index < -0.39 is 11.4 Å². The van der Waals surface area contributed by atoms with Gasteiger partial charge in [-0.2, -0.15) is 0 Å². The van der Waals surface area contributed by atoms with E-state index >= 15 is 0 Å². The minimum Gasteiger partial charge on any atom is -0.481 e. The smallest absolute Gasteiger partial charge is 0.310 e. The Kier molecular flexibility index (Phi) is 2.99. The highest BCUT2D eigenvalue weighted by Gasteiger charge is 2.46. The maximum absolute atomic E-state index is 11.5. The highest BCUT2D eigenvalue weighted by Crippen LogP contribution is 2.48. The van der Waals surface area contributed by atoms with Gasteiger partial charge >= 0.3 is 5.97 Å². The van der Waals surface area contributed by atoms with Crippen molar-refractivity contribution >= 4 is 5.97 Å². The molecule has 0 radical (unpaired) electrons. The highest BCUT2D eigenvalue weighted by molar-refractivity contribution is 5.76. The molecule has 1 aromatic carbocycles. The van der Waals surface area contributed by atoms with E-state index in [1.54, 1.807) is 0 Å². The lowest BCUT2D eigenvalue weighted by Crippen LogP contribution is -2.33. The number of carboxylic acid groups (broad SMARTS) is 1. The molecule has 0 aromatic heterocycles. The zero-order chi connectivity index (χ0) is 11.6. The molecule has 0 bridgehead atoms. The third-order valence-electron chi connectivity index (χ3n) is 4.05. The standard InChI is InChI=1S/C14H18O2/c1-11(12-7-3-2-4-8-12)14(13(15)16)9-5-6-10-14/h2-4,7-8,11H,5-6,9-10H2,1H3,(H,15,16). The summed E-state index contributed by atoms with van der Waals surface area (Å²) in [5, 5.41) is 9.50. The number of benzene rings is 1. The predicted octanol–water partition coefficient (Wildman–Crippen LogP) is 3.44. The molecule has 0 amide bonds. The maximum Gasteiger partial charge on any atom is 0.310 e. The molecular weight excluding hydrogens is 200 g/mol. The Labute approximate surface area is 96.3 Å². The van der Waals surface area contributed by atoms with Crippen LogP contribution in [0.15, 0.2) is 30.3 Å². The Morgan fingerprint density at radius 2 is 1.81 bits per heavy atom. The number of carboxylic acids is 1. The number of hydrogen-bond acceptors (Lipinski definition) is 1. The zero-order valence-corrected chi connectivity index (χ0v) is 9.65. The predicted molar refractivity (Wildman–Crippen MR) is 63.4 cm³/mol. The van der Waals surface area contributed by atoms with Crippen LogP contribution in [0.25, 0.3) is 0 Å². The third kappa shape index (κ3) is 1.73. The van der Waals surface area contributed by atoms with Crippen LogP contribution in [0, 0.1) is 5.41 Å². The van der Waals surface area contributed by atoms with Crippen molar-refractivity contribution in [2.24, 2.45) is 5.41 Å². The molecule has 1 aliphatic rings. The Bertz CT molecular complexity index is 364. The van der Waals surface area contributed by atoms with E-state index in [0.717, 1.165) is 31.2 Å². The van der Waals surface area contributed by atoms with Gasteiger partial charge in [-0.15, -0.1) is 0 Å². The molecule has 2 heteroatoms. The normalized spacial score (nSPS) is 20.6. The number of hydrogen-bond donors (Lipinski definition) is 1. The summed E-state index contributed by atoms with van der Waals surface area (Å²) in [6, 6.07) is 10.0. The van der Waals surface area contributed by atoms with Crippen LogP contribution in [0.3, 0.4) is 0 Å². The van der Waals surface area contributed by atoms with Crippen LogP contribution in [0.5, 0.6) is 0 Å². The van der Waals surface area contributed by atoms with Gasteiger partial charge in [-0.25, -0.2) is 0 Å². The summed E-state index contributed by atoms with van der Waals surface area (Å²) in [5.41, 5.74) is 0.619. The first-order chi connectivity index (χ1) is 7.67. The third-order valence-corrected chi connectivity index (χ3v) is 4.05. The molecule has 0 saturated heterocycles. The van der Waals surface area contributed by atoms with Crippen LogP contribution in [0.4, 0.5) is 0 Å². The summed E-state index contributed by atoms with van der Waals surface area (Å²) in [6.07, 6.45) is 3.73. The van der Waals surface area contributed by atoms with Gasteiger partial charge < -0.3 is 5.11 Å². The second kappa shape index (κ2) is 4.28. The fourth-order valence-electron chi connectivity index (χ4n) is 2.90. The van der Waals surface area contributed by atoms with Gasteiger partial charge in [0, 0.05) is 0 Å². The first kappa shape index (κ1) is 11.2. The average Bonchev–Trinajstić information content (AvgIpc) is 2.79. The zero-order valence-electron chi connectivity index (χ0n) is 9.65. The fraction of sp³-hybridized carbons (Fsp3) is 0.500. The van der Waals surface area contributed by atoms with Crippen molar-refractivity contribution in [1.82, 2.24) is 0 Å². The lowest BCUT2D eigenvalue weighted by Gasteiger charge is -2.31. The van der Waals surface area contributed by atoms with Gasteiger partial charge in [0.15, 0.2) is 0 Å². The van der Waals surface area contributed by atoms with E-state index in [4.69, 9.17) is 0 Å². The molecule has 86 valence electrons. The minimum absolute atomic E-state index is 0.105. The molecule has 16 heavy (non-hydrogen) atoms. The van der Waals surface area contributed by atoms with Crippen molar-refractivity contribution in [2.45, 2.75) is 38.5 Å². The molecule has 1 atom stereocenters. The van der Waals surface area contributed by atoms with Crippen LogP contribution >= 0.6 is 0 Å². The summed E-state index contributed by atoms with van der Waals surface area (Å²) in [5.74, 6) is -0.518. The first-order valence-electron chi connectivity index (χ1n) is 5.95. The van der Waals surface area contributed by atoms with E-state index in [-0.39, 0.29) is 5.92 Å². The monoisotopic (exact) mass is 218 g/mol. The summed E-state index contributed by atoms with van der Waals surface area (Å²) >= 11 is 0. The van der Waals surface area contributed by atoms with E-state index in [0.29, 0.717) is 0 Å². The van der Waals surface area contributed by atoms with Crippen molar-refractivity contribution in [3.8, 4) is 0 Å². The van der Waals surface area contributed by atoms with Gasteiger partial charge in [-0.1, -0.05) is 50.1 Å². The molecule has 0 spiro atoms. The molecule has 1 aliphatic carbocycles. The summed E-state index contributed by atoms with van der Waals surface area (Å²) in [4.78, 5) is 11.5. The Hall–Kier alpha value is -1.31. The van der Waals surface area contributed by atoms with Crippen molar-refractivity contribution < 1.29 is 9.90 Å². The SMILES string of the molecule is CC(c1ccccc1)C1(C(=O)O)CCCC1. The van der Waals surface area contributed by atoms with E-state index in [1.165, 1.54) is 0 Å². The van der Waals surface area contributed by atoms with Crippen molar-refractivity contribution in [3.05, 3.63) is 35.9 Å². The quantitative estimate of drug-likeness (QED) is 0.843. The summed E-state index contributed by atoms with van der Waals surface area (Å²) < 4.78 is 0. The number of rotatable bonds is 3. The van der Waals surface area contributed by atoms with Gasteiger partial charge in [0.05, 0.1) is 5.41 Å². The lowest BCUT2D eigenvalue weighted by molar-refractivity contribution is -0.149. The van der Waals surface area contributed by atoms with Gasteiger partial charge in [0.25, 0.3) is 0 Å². The van der Waals surface area contributed by atoms with Gasteiger partial charge in [-0.05, 0) is 24.3 Å². The van der Waals surface area contributed by atoms with Gasteiger partial charge in [0.2, 0.25) is 0 Å². The lowest BCUT2D eigenvalue weighted by atomic mass is 9.72. The topological polar surface area (TPSA) is 37.3 Å². The van der Waals surface area contributed by atoms with E-state index in [2.05, 4.69) is 6.92 Å². The molecule has 0 heterocycles. The van der Waals surface area contributed by atoms with E-state index in [9.17, 15) is 9.90 Å². The largest absolute Gasteiger partial charge is 0.481 e. The summed E-state index contributed by atoms with van der Waals surface area (Å²) in [7, 11) is 0. The van der Waals surface area contributed by atoms with Crippen molar-refractivity contribution in [2.75, 3.05) is 0 Å². The second-order valence-corrected chi connectivity index (χ2v) is 4.80. The highest BCUT2D eigenvalue weighted by atomic mass is 16.4. The van der Waals surface area contributed by atoms with E-state index in [1.807, 2.05) is 30.3 Å². The molecule has 0 aliphatic heterocycles. The fourth-order valence-corrected chi connectivity index (χ4v) is 2.90. The number of aliphatic carboxylic acids is 1. The Morgan fingerprint density at radius 1 is 1.25 bits per heavy atom. The molecule has 1 fully saturated rings. The molecule has 2 nitrogen and oxygen atoms in total. The number of carbonyl (C=O) groups is 1. The minimum atomic E-state index is -0.624. The molecule has 1 unspecified atom stereocenters. The maximum atomic E-state index is 11.5. The second-order valence-electron chi connectivity index (χ2n) is 4.80. The summed E-state index contributed by atoms with van der Waals surface area (Å²) in [6.45, 7) is 2.05. The molecule has 1 aromatic rings. The van der Waals surface area contributed by atoms with Crippen LogP contribution < -0.4 is 0 Å². The Balaban J connectivity index is 2.31. The van der Waals surface area contributed by atoms with Crippen LogP contribution in [-0.4, -0.2) is 11.1 Å². The van der Waals surface area contributed by atoms with Gasteiger partial charge in [-0.3, -0.25) is 4.79 Å². The van der Waals surface area contributed by atoms with Crippen LogP contribution in [0.2, 0.25) is 0 Å². The van der Waals surface area contributed by atoms with Gasteiger partial charge in [0.1, 0.15) is 0 Å². The molecule has 1 N–H and O–H groups in total. The van der Waals surface area contributed by atoms with Crippen LogP contribution in [0.1, 0.15) is 44.1 Å². The Morgan fingerprint density at radius 3 is 2.31 bits per heavy atom. The van der Waals surface area contributed by atoms with Crippen LogP contribution in [-0.2, 0) is 4.79 Å². The van der Waals surface area contributed by atoms with Crippen molar-refractivity contribution in [3.63, 3.8) is 0 Å². The molecule has 1 saturated carbocycles. The first-order valence-corrected chi connectivity index (χ1v) is 5.95. The van der Waals surface area contributed by atoms with Crippen molar-refractivity contribution in [1.29, 1.82) is 0 Å². The molecule has 2 rings (SSSR count). The average molecular weight is 218 g/mol.